The van der Waals surface area contributed by atoms with Crippen molar-refractivity contribution in [1.82, 2.24) is 0 Å². The quantitative estimate of drug-likeness (QED) is 0.903. The molecular formula is C15H12BrN3O. The van der Waals surface area contributed by atoms with E-state index in [4.69, 9.17) is 5.26 Å². The number of anilines is 2. The van der Waals surface area contributed by atoms with E-state index in [1.807, 2.05) is 30.3 Å². The number of rotatable bonds is 4. The van der Waals surface area contributed by atoms with E-state index in [1.54, 1.807) is 24.3 Å². The average Bonchev–Trinajstić information content (AvgIpc) is 2.46. The highest BCUT2D eigenvalue weighted by Crippen LogP contribution is 2.20. The van der Waals surface area contributed by atoms with Gasteiger partial charge in [0.25, 0.3) is 0 Å². The van der Waals surface area contributed by atoms with Gasteiger partial charge in [0.2, 0.25) is 5.91 Å². The topological polar surface area (TPSA) is 64.9 Å². The number of nitrogens with zero attached hydrogens (tertiary/aromatic N) is 1. The number of hydrogen-bond donors (Lipinski definition) is 2. The van der Waals surface area contributed by atoms with Crippen molar-refractivity contribution in [3.05, 3.63) is 58.6 Å². The molecule has 0 aromatic heterocycles. The number of carbonyl (C=O) groups is 1. The summed E-state index contributed by atoms with van der Waals surface area (Å²) in [6.07, 6.45) is 0. The Kier molecular flexibility index (Phi) is 4.75. The number of amides is 1. The van der Waals surface area contributed by atoms with Crippen molar-refractivity contribution < 1.29 is 4.79 Å². The van der Waals surface area contributed by atoms with Crippen LogP contribution < -0.4 is 10.6 Å². The van der Waals surface area contributed by atoms with Crippen LogP contribution in [0, 0.1) is 11.3 Å². The minimum atomic E-state index is -0.171. The molecule has 0 aliphatic rings. The van der Waals surface area contributed by atoms with E-state index in [2.05, 4.69) is 26.6 Å². The number of hydrogen-bond acceptors (Lipinski definition) is 3. The predicted octanol–water partition coefficient (Wildman–Crippen LogP) is 3.37. The van der Waals surface area contributed by atoms with Crippen LogP contribution in [0.3, 0.4) is 0 Å². The van der Waals surface area contributed by atoms with E-state index in [0.717, 1.165) is 10.2 Å². The van der Waals surface area contributed by atoms with E-state index in [0.29, 0.717) is 11.3 Å². The molecular weight excluding hydrogens is 318 g/mol. The lowest BCUT2D eigenvalue weighted by molar-refractivity contribution is -0.114. The third kappa shape index (κ3) is 3.84. The molecule has 20 heavy (non-hydrogen) atoms. The fraction of sp³-hybridized carbons (Fsp3) is 0.0667. The molecule has 0 spiro atoms. The first-order chi connectivity index (χ1) is 9.69. The second-order valence-electron chi connectivity index (χ2n) is 4.07. The van der Waals surface area contributed by atoms with Gasteiger partial charge in [0, 0.05) is 15.8 Å². The van der Waals surface area contributed by atoms with Crippen LogP contribution in [-0.2, 0) is 4.79 Å². The van der Waals surface area contributed by atoms with Crippen LogP contribution in [0.2, 0.25) is 0 Å². The zero-order chi connectivity index (χ0) is 14.4. The first-order valence-electron chi connectivity index (χ1n) is 5.97. The molecule has 100 valence electrons. The Balaban J connectivity index is 1.93. The van der Waals surface area contributed by atoms with Gasteiger partial charge in [-0.25, -0.2) is 0 Å². The molecule has 1 amide bonds. The van der Waals surface area contributed by atoms with Gasteiger partial charge in [-0.05, 0) is 46.3 Å². The van der Waals surface area contributed by atoms with Gasteiger partial charge < -0.3 is 10.6 Å². The maximum Gasteiger partial charge on any atom is 0.243 e. The minimum absolute atomic E-state index is 0.152. The zero-order valence-corrected chi connectivity index (χ0v) is 12.1. The summed E-state index contributed by atoms with van der Waals surface area (Å²) in [7, 11) is 0. The van der Waals surface area contributed by atoms with Gasteiger partial charge in [-0.2, -0.15) is 5.26 Å². The molecule has 0 fully saturated rings. The first-order valence-corrected chi connectivity index (χ1v) is 6.77. The molecule has 0 bridgehead atoms. The maximum absolute atomic E-state index is 11.8. The smallest absolute Gasteiger partial charge is 0.243 e. The first kappa shape index (κ1) is 14.1. The molecule has 0 heterocycles. The van der Waals surface area contributed by atoms with Crippen molar-refractivity contribution in [2.45, 2.75) is 0 Å². The lowest BCUT2D eigenvalue weighted by Crippen LogP contribution is -2.21. The molecule has 0 saturated carbocycles. The lowest BCUT2D eigenvalue weighted by Gasteiger charge is -2.09. The monoisotopic (exact) mass is 329 g/mol. The van der Waals surface area contributed by atoms with Gasteiger partial charge in [0.15, 0.2) is 0 Å². The van der Waals surface area contributed by atoms with E-state index in [9.17, 15) is 4.79 Å². The maximum atomic E-state index is 11.8. The Labute approximate surface area is 125 Å². The molecule has 2 aromatic carbocycles. The molecule has 0 saturated heterocycles. The molecule has 0 aliphatic heterocycles. The van der Waals surface area contributed by atoms with Crippen molar-refractivity contribution in [3.63, 3.8) is 0 Å². The molecule has 5 heteroatoms. The number of halogens is 1. The second-order valence-corrected chi connectivity index (χ2v) is 4.93. The Bertz CT molecular complexity index is 664. The zero-order valence-electron chi connectivity index (χ0n) is 10.6. The second kappa shape index (κ2) is 6.73. The van der Waals surface area contributed by atoms with Crippen molar-refractivity contribution in [3.8, 4) is 6.07 Å². The van der Waals surface area contributed by atoms with Crippen molar-refractivity contribution in [1.29, 1.82) is 5.26 Å². The average molecular weight is 330 g/mol. The summed E-state index contributed by atoms with van der Waals surface area (Å²) in [4.78, 5) is 11.8. The summed E-state index contributed by atoms with van der Waals surface area (Å²) in [6.45, 7) is 0.152. The van der Waals surface area contributed by atoms with E-state index >= 15 is 0 Å². The van der Waals surface area contributed by atoms with Gasteiger partial charge >= 0.3 is 0 Å². The molecule has 0 unspecified atom stereocenters. The predicted molar refractivity (Wildman–Crippen MR) is 82.4 cm³/mol. The van der Waals surface area contributed by atoms with E-state index in [1.165, 1.54) is 0 Å². The molecule has 2 rings (SSSR count). The summed E-state index contributed by atoms with van der Waals surface area (Å²) < 4.78 is 0.902. The Morgan fingerprint density at radius 1 is 1.20 bits per heavy atom. The van der Waals surface area contributed by atoms with Gasteiger partial charge in [0.1, 0.15) is 0 Å². The highest BCUT2D eigenvalue weighted by molar-refractivity contribution is 9.10. The fourth-order valence-corrected chi connectivity index (χ4v) is 2.08. The summed E-state index contributed by atoms with van der Waals surface area (Å²) >= 11 is 3.40. The van der Waals surface area contributed by atoms with Crippen molar-refractivity contribution in [2.75, 3.05) is 17.2 Å². The number of nitrogens with one attached hydrogen (secondary N) is 2. The summed E-state index contributed by atoms with van der Waals surface area (Å²) in [6, 6.07) is 16.4. The van der Waals surface area contributed by atoms with Crippen LogP contribution >= 0.6 is 15.9 Å². The third-order valence-corrected chi connectivity index (χ3v) is 3.28. The lowest BCUT2D eigenvalue weighted by atomic mass is 10.2. The fourth-order valence-electron chi connectivity index (χ4n) is 1.65. The van der Waals surface area contributed by atoms with Crippen molar-refractivity contribution >= 4 is 33.2 Å². The van der Waals surface area contributed by atoms with Gasteiger partial charge in [-0.3, -0.25) is 4.79 Å². The Morgan fingerprint density at radius 2 is 2.00 bits per heavy atom. The van der Waals surface area contributed by atoms with Crippen LogP contribution in [0.1, 0.15) is 5.56 Å². The van der Waals surface area contributed by atoms with Gasteiger partial charge in [0.05, 0.1) is 18.2 Å². The minimum Gasteiger partial charge on any atom is -0.375 e. The number of nitriles is 1. The molecule has 4 nitrogen and oxygen atoms in total. The van der Waals surface area contributed by atoms with E-state index in [-0.39, 0.29) is 12.5 Å². The summed E-state index contributed by atoms with van der Waals surface area (Å²) in [5, 5.41) is 14.6. The molecule has 0 aliphatic carbocycles. The number of para-hydroxylation sites is 1. The standard InChI is InChI=1S/C15H12BrN3O/c16-13-6-1-2-7-14(13)18-10-15(20)19-12-5-3-4-11(8-12)9-17/h1-8,18H,10H2,(H,19,20). The molecule has 0 radical (unpaired) electrons. The molecule has 2 aromatic rings. The third-order valence-electron chi connectivity index (χ3n) is 2.59. The van der Waals surface area contributed by atoms with Crippen LogP contribution in [0.5, 0.6) is 0 Å². The Hall–Kier alpha value is -2.32. The highest BCUT2D eigenvalue weighted by Gasteiger charge is 2.04. The molecule has 2 N–H and O–H groups in total. The highest BCUT2D eigenvalue weighted by atomic mass is 79.9. The van der Waals surface area contributed by atoms with Crippen LogP contribution in [0.25, 0.3) is 0 Å². The van der Waals surface area contributed by atoms with Crippen molar-refractivity contribution in [2.24, 2.45) is 0 Å². The van der Waals surface area contributed by atoms with Crippen LogP contribution in [-0.4, -0.2) is 12.5 Å². The van der Waals surface area contributed by atoms with Gasteiger partial charge in [-0.1, -0.05) is 18.2 Å². The summed E-state index contributed by atoms with van der Waals surface area (Å²) in [5.74, 6) is -0.171. The normalized spacial score (nSPS) is 9.60. The van der Waals surface area contributed by atoms with Gasteiger partial charge in [-0.15, -0.1) is 0 Å². The largest absolute Gasteiger partial charge is 0.375 e. The Morgan fingerprint density at radius 3 is 2.75 bits per heavy atom. The molecule has 0 atom stereocenters. The van der Waals surface area contributed by atoms with Crippen LogP contribution in [0.15, 0.2) is 53.0 Å². The summed E-state index contributed by atoms with van der Waals surface area (Å²) in [5.41, 5.74) is 1.98. The number of benzene rings is 2. The number of carbonyl (C=O) groups excluding carboxylic acids is 1. The van der Waals surface area contributed by atoms with Crippen LogP contribution in [0.4, 0.5) is 11.4 Å². The van der Waals surface area contributed by atoms with E-state index < -0.39 is 0 Å². The SMILES string of the molecule is N#Cc1cccc(NC(=O)CNc2ccccc2Br)c1.